The first-order valence-electron chi connectivity index (χ1n) is 10.5. The highest BCUT2D eigenvalue weighted by atomic mass is 35.5. The van der Waals surface area contributed by atoms with Gasteiger partial charge in [0, 0.05) is 37.9 Å². The Morgan fingerprint density at radius 1 is 1.10 bits per heavy atom. The number of halogens is 1. The molecular weight excluding hydrogens is 412 g/mol. The first-order chi connectivity index (χ1) is 14.6. The number of hydrogen-bond donors (Lipinski definition) is 2. The Morgan fingerprint density at radius 3 is 2.61 bits per heavy atom. The number of aromatic nitrogens is 1. The van der Waals surface area contributed by atoms with Crippen LogP contribution in [0.2, 0.25) is 0 Å². The predicted molar refractivity (Wildman–Crippen MR) is 127 cm³/mol. The zero-order valence-corrected chi connectivity index (χ0v) is 18.8. The third kappa shape index (κ3) is 4.07. The summed E-state index contributed by atoms with van der Waals surface area (Å²) < 4.78 is 5.45. The van der Waals surface area contributed by atoms with E-state index in [1.807, 2.05) is 12.3 Å². The molecule has 0 saturated carbocycles. The number of nitrogens with two attached hydrogens (primary N) is 1. The molecule has 8 heteroatoms. The maximum atomic E-state index is 6.20. The number of nitrogens with zero attached hydrogens (tertiary/aromatic N) is 4. The van der Waals surface area contributed by atoms with E-state index in [2.05, 4.69) is 46.4 Å². The van der Waals surface area contributed by atoms with Crippen LogP contribution in [0.5, 0.6) is 5.75 Å². The third-order valence-corrected chi connectivity index (χ3v) is 6.34. The lowest BCUT2D eigenvalue weighted by molar-refractivity contribution is 0.312. The normalized spacial score (nSPS) is 20.8. The fourth-order valence-corrected chi connectivity index (χ4v) is 4.56. The van der Waals surface area contributed by atoms with Crippen LogP contribution < -0.4 is 20.7 Å². The minimum atomic E-state index is -0.102. The second-order valence-electron chi connectivity index (χ2n) is 8.21. The Kier molecular flexibility index (Phi) is 6.07. The van der Waals surface area contributed by atoms with Crippen LogP contribution in [-0.4, -0.2) is 56.2 Å². The van der Waals surface area contributed by atoms with Crippen LogP contribution in [0.15, 0.2) is 47.1 Å². The largest absolute Gasteiger partial charge is 0.497 e. The van der Waals surface area contributed by atoms with E-state index in [4.69, 9.17) is 20.4 Å². The number of hydrogen-bond acceptors (Lipinski definition) is 7. The molecule has 0 spiro atoms. The summed E-state index contributed by atoms with van der Waals surface area (Å²) in [6.45, 7) is 4.15. The number of benzene rings is 1. The van der Waals surface area contributed by atoms with Gasteiger partial charge in [0.05, 0.1) is 12.8 Å². The first kappa shape index (κ1) is 21.5. The SMILES string of the molecule is COc1ccc2c(c1)C1=C(CC2)C(c2ccc(N3CCN(C)CC3)nc2)N=C(N)N1.Cl. The fraction of sp³-hybridized carbons (Fsp3) is 0.391. The second-order valence-corrected chi connectivity index (χ2v) is 8.21. The number of guanidine groups is 1. The summed E-state index contributed by atoms with van der Waals surface area (Å²) in [6, 6.07) is 10.4. The van der Waals surface area contributed by atoms with Crippen molar-refractivity contribution in [1.82, 2.24) is 15.2 Å². The maximum absolute atomic E-state index is 6.20. The van der Waals surface area contributed by atoms with Gasteiger partial charge in [0.1, 0.15) is 17.6 Å². The van der Waals surface area contributed by atoms with Crippen molar-refractivity contribution < 1.29 is 4.74 Å². The van der Waals surface area contributed by atoms with Gasteiger partial charge in [0.25, 0.3) is 0 Å². The maximum Gasteiger partial charge on any atom is 0.194 e. The number of methoxy groups -OCH3 is 1. The van der Waals surface area contributed by atoms with Crippen molar-refractivity contribution in [1.29, 1.82) is 0 Å². The summed E-state index contributed by atoms with van der Waals surface area (Å²) in [4.78, 5) is 14.2. The summed E-state index contributed by atoms with van der Waals surface area (Å²) in [5.41, 5.74) is 12.1. The van der Waals surface area contributed by atoms with Crippen LogP contribution in [0, 0.1) is 0 Å². The molecule has 2 aromatic rings. The molecule has 1 aromatic heterocycles. The lowest BCUT2D eigenvalue weighted by Crippen LogP contribution is -2.44. The van der Waals surface area contributed by atoms with Crippen molar-refractivity contribution in [3.8, 4) is 5.75 Å². The van der Waals surface area contributed by atoms with E-state index in [9.17, 15) is 0 Å². The van der Waals surface area contributed by atoms with Gasteiger partial charge in [-0.05, 0) is 54.8 Å². The van der Waals surface area contributed by atoms with Crippen LogP contribution in [-0.2, 0) is 6.42 Å². The third-order valence-electron chi connectivity index (χ3n) is 6.34. The molecule has 1 saturated heterocycles. The van der Waals surface area contributed by atoms with Gasteiger partial charge < -0.3 is 25.6 Å². The molecule has 1 aromatic carbocycles. The fourth-order valence-electron chi connectivity index (χ4n) is 4.56. The van der Waals surface area contributed by atoms with Crippen LogP contribution in [0.1, 0.15) is 29.2 Å². The van der Waals surface area contributed by atoms with Gasteiger partial charge >= 0.3 is 0 Å². The average Bonchev–Trinajstić information content (AvgIpc) is 2.79. The Morgan fingerprint density at radius 2 is 1.90 bits per heavy atom. The average molecular weight is 441 g/mol. The second kappa shape index (κ2) is 8.77. The number of anilines is 1. The van der Waals surface area contributed by atoms with Crippen LogP contribution in [0.25, 0.3) is 5.70 Å². The highest BCUT2D eigenvalue weighted by Crippen LogP contribution is 2.41. The van der Waals surface area contributed by atoms with Crippen LogP contribution >= 0.6 is 12.4 Å². The standard InChI is InChI=1S/C23H28N6O.ClH/c1-28-9-11-29(12-10-28)20-8-5-16(14-25-20)21-18-7-4-15-3-6-17(30-2)13-19(15)22(18)27-23(24)26-21;/h3,5-6,8,13-14,21H,4,7,9-12H2,1-2H3,(H3,24,26,27);1H. The molecule has 3 aliphatic rings. The van der Waals surface area contributed by atoms with Crippen molar-refractivity contribution in [3.05, 3.63) is 58.8 Å². The Balaban J connectivity index is 0.00000231. The number of aryl methyl sites for hydroxylation is 1. The smallest absolute Gasteiger partial charge is 0.194 e. The van der Waals surface area contributed by atoms with E-state index in [0.29, 0.717) is 5.96 Å². The number of aliphatic imine (C=N–C) groups is 1. The zero-order valence-electron chi connectivity index (χ0n) is 18.0. The van der Waals surface area contributed by atoms with Crippen molar-refractivity contribution in [3.63, 3.8) is 0 Å². The van der Waals surface area contributed by atoms with Crippen LogP contribution in [0.4, 0.5) is 5.82 Å². The molecule has 1 unspecified atom stereocenters. The number of rotatable bonds is 3. The number of fused-ring (bicyclic) bond motifs is 2. The summed E-state index contributed by atoms with van der Waals surface area (Å²) >= 11 is 0. The topological polar surface area (TPSA) is 79.0 Å². The molecule has 1 atom stereocenters. The van der Waals surface area contributed by atoms with Gasteiger partial charge in [-0.1, -0.05) is 12.1 Å². The Bertz CT molecular complexity index is 1010. The highest BCUT2D eigenvalue weighted by molar-refractivity contribution is 5.93. The van der Waals surface area contributed by atoms with E-state index >= 15 is 0 Å². The molecule has 2 aliphatic heterocycles. The Hall–Kier alpha value is -2.77. The molecule has 164 valence electrons. The summed E-state index contributed by atoms with van der Waals surface area (Å²) in [5.74, 6) is 2.32. The van der Waals surface area contributed by atoms with E-state index in [0.717, 1.165) is 67.4 Å². The van der Waals surface area contributed by atoms with E-state index in [1.165, 1.54) is 11.1 Å². The van der Waals surface area contributed by atoms with Gasteiger partial charge in [-0.2, -0.15) is 0 Å². The van der Waals surface area contributed by atoms with Crippen molar-refractivity contribution in [2.45, 2.75) is 18.9 Å². The molecule has 1 fully saturated rings. The Labute approximate surface area is 189 Å². The van der Waals surface area contributed by atoms with Gasteiger partial charge in [-0.3, -0.25) is 0 Å². The van der Waals surface area contributed by atoms with E-state index in [1.54, 1.807) is 7.11 Å². The monoisotopic (exact) mass is 440 g/mol. The molecule has 1 aliphatic carbocycles. The molecule has 7 nitrogen and oxygen atoms in total. The molecule has 3 N–H and O–H groups in total. The van der Waals surface area contributed by atoms with Gasteiger partial charge in [0.2, 0.25) is 0 Å². The number of likely N-dealkylation sites (N-methyl/N-ethyl adjacent to an activating group) is 1. The minimum Gasteiger partial charge on any atom is -0.497 e. The first-order valence-corrected chi connectivity index (χ1v) is 10.5. The lowest BCUT2D eigenvalue weighted by atomic mass is 9.83. The number of ether oxygens (including phenoxy) is 1. The molecule has 0 amide bonds. The van der Waals surface area contributed by atoms with Gasteiger partial charge in [0.15, 0.2) is 5.96 Å². The number of piperazine rings is 1. The van der Waals surface area contributed by atoms with E-state index < -0.39 is 0 Å². The van der Waals surface area contributed by atoms with Crippen molar-refractivity contribution in [2.75, 3.05) is 45.2 Å². The lowest BCUT2D eigenvalue weighted by Gasteiger charge is -2.34. The highest BCUT2D eigenvalue weighted by Gasteiger charge is 2.30. The predicted octanol–water partition coefficient (Wildman–Crippen LogP) is 2.58. The van der Waals surface area contributed by atoms with Gasteiger partial charge in [-0.25, -0.2) is 9.98 Å². The zero-order chi connectivity index (χ0) is 20.7. The summed E-state index contributed by atoms with van der Waals surface area (Å²) in [5, 5.41) is 3.31. The van der Waals surface area contributed by atoms with E-state index in [-0.39, 0.29) is 18.4 Å². The molecule has 0 radical (unpaired) electrons. The molecule has 3 heterocycles. The minimum absolute atomic E-state index is 0. The van der Waals surface area contributed by atoms with Gasteiger partial charge in [-0.15, -0.1) is 12.4 Å². The quantitative estimate of drug-likeness (QED) is 0.763. The molecular formula is C23H29ClN6O. The molecule has 31 heavy (non-hydrogen) atoms. The molecule has 5 rings (SSSR count). The summed E-state index contributed by atoms with van der Waals surface area (Å²) in [7, 11) is 3.86. The van der Waals surface area contributed by atoms with Crippen molar-refractivity contribution >= 4 is 29.9 Å². The summed E-state index contributed by atoms with van der Waals surface area (Å²) in [6.07, 6.45) is 3.90. The number of nitrogens with one attached hydrogen (secondary N) is 1. The number of pyridine rings is 1. The van der Waals surface area contributed by atoms with Crippen LogP contribution in [0.3, 0.4) is 0 Å². The van der Waals surface area contributed by atoms with Crippen molar-refractivity contribution in [2.24, 2.45) is 10.7 Å². The molecule has 0 bridgehead atoms.